The molecule has 3 aromatic rings. The number of rotatable bonds is 5. The maximum Gasteiger partial charge on any atom is 0.255 e. The second kappa shape index (κ2) is 13.2. The van der Waals surface area contributed by atoms with Crippen LogP contribution >= 0.6 is 11.6 Å². The molecule has 2 heterocycles. The minimum Gasteiger partial charge on any atom is -0.368 e. The summed E-state index contributed by atoms with van der Waals surface area (Å²) in [6.07, 6.45) is 0.759. The Balaban J connectivity index is 1.39. The van der Waals surface area contributed by atoms with Crippen LogP contribution in [0, 0.1) is 0 Å². The summed E-state index contributed by atoms with van der Waals surface area (Å²) in [5.41, 5.74) is 4.20. The van der Waals surface area contributed by atoms with Crippen LogP contribution in [-0.2, 0) is 5.41 Å². The average molecular weight is 602 g/mol. The van der Waals surface area contributed by atoms with Crippen LogP contribution < -0.4 is 15.5 Å². The summed E-state index contributed by atoms with van der Waals surface area (Å²) >= 11 is 6.13. The van der Waals surface area contributed by atoms with Crippen LogP contribution in [0.2, 0.25) is 5.02 Å². The van der Waals surface area contributed by atoms with Crippen molar-refractivity contribution < 1.29 is 14.4 Å². The molecule has 3 aromatic carbocycles. The van der Waals surface area contributed by atoms with Gasteiger partial charge in [-0.2, -0.15) is 0 Å². The summed E-state index contributed by atoms with van der Waals surface area (Å²) in [5.74, 6) is -0.332. The van der Waals surface area contributed by atoms with Gasteiger partial charge in [0, 0.05) is 74.1 Å². The molecule has 2 saturated heterocycles. The van der Waals surface area contributed by atoms with Gasteiger partial charge in [0.1, 0.15) is 0 Å². The second-order valence-corrected chi connectivity index (χ2v) is 12.6. The first kappa shape index (κ1) is 30.6. The van der Waals surface area contributed by atoms with Gasteiger partial charge in [-0.15, -0.1) is 0 Å². The van der Waals surface area contributed by atoms with Gasteiger partial charge in [0.05, 0.1) is 11.4 Å². The van der Waals surface area contributed by atoms with E-state index < -0.39 is 0 Å². The van der Waals surface area contributed by atoms with Crippen LogP contribution in [0.15, 0.2) is 66.7 Å². The summed E-state index contributed by atoms with van der Waals surface area (Å²) in [6, 6.07) is 20.2. The molecule has 8 nitrogen and oxygen atoms in total. The van der Waals surface area contributed by atoms with E-state index in [4.69, 9.17) is 11.6 Å². The summed E-state index contributed by atoms with van der Waals surface area (Å²) in [4.78, 5) is 46.0. The van der Waals surface area contributed by atoms with Crippen molar-refractivity contribution in [1.29, 1.82) is 0 Å². The molecule has 43 heavy (non-hydrogen) atoms. The lowest BCUT2D eigenvalue weighted by atomic mass is 9.86. The number of carbonyl (C=O) groups is 3. The van der Waals surface area contributed by atoms with Crippen molar-refractivity contribution in [2.45, 2.75) is 32.6 Å². The fourth-order valence-electron chi connectivity index (χ4n) is 5.58. The number of halogens is 1. The molecule has 2 aliphatic rings. The zero-order chi connectivity index (χ0) is 30.6. The van der Waals surface area contributed by atoms with Gasteiger partial charge < -0.3 is 25.3 Å². The number of nitrogens with zero attached hydrogens (tertiary/aromatic N) is 3. The Morgan fingerprint density at radius 2 is 1.40 bits per heavy atom. The van der Waals surface area contributed by atoms with Crippen LogP contribution in [0.25, 0.3) is 0 Å². The number of hydrogen-bond donors (Lipinski definition) is 2. The molecule has 2 fully saturated rings. The van der Waals surface area contributed by atoms with Crippen LogP contribution in [0.1, 0.15) is 63.8 Å². The molecule has 5 rings (SSSR count). The van der Waals surface area contributed by atoms with Gasteiger partial charge in [0.2, 0.25) is 0 Å². The Morgan fingerprint density at radius 3 is 2.07 bits per heavy atom. The Kier molecular flexibility index (Phi) is 9.37. The Bertz CT molecular complexity index is 1480. The molecule has 0 aromatic heterocycles. The summed E-state index contributed by atoms with van der Waals surface area (Å²) < 4.78 is 0. The fourth-order valence-corrected chi connectivity index (χ4v) is 5.77. The summed E-state index contributed by atoms with van der Waals surface area (Å²) in [5, 5.41) is 6.92. The number of anilines is 2. The number of carbonyl (C=O) groups excluding carboxylic acids is 3. The molecule has 0 saturated carbocycles. The highest BCUT2D eigenvalue weighted by atomic mass is 35.5. The normalized spacial score (nSPS) is 16.0. The van der Waals surface area contributed by atoms with Crippen LogP contribution in [0.3, 0.4) is 0 Å². The van der Waals surface area contributed by atoms with Crippen LogP contribution in [0.5, 0.6) is 0 Å². The predicted molar refractivity (Wildman–Crippen MR) is 172 cm³/mol. The van der Waals surface area contributed by atoms with Gasteiger partial charge in [-0.05, 0) is 65.9 Å². The largest absolute Gasteiger partial charge is 0.368 e. The van der Waals surface area contributed by atoms with Crippen molar-refractivity contribution in [3.8, 4) is 0 Å². The molecule has 9 heteroatoms. The molecule has 2 aliphatic heterocycles. The number of nitrogens with one attached hydrogen (secondary N) is 2. The van der Waals surface area contributed by atoms with E-state index in [9.17, 15) is 14.4 Å². The van der Waals surface area contributed by atoms with Gasteiger partial charge >= 0.3 is 0 Å². The number of hydrogen-bond acceptors (Lipinski definition) is 5. The molecule has 0 spiro atoms. The lowest BCUT2D eigenvalue weighted by Gasteiger charge is -2.29. The third-order valence-electron chi connectivity index (χ3n) is 8.10. The van der Waals surface area contributed by atoms with Crippen molar-refractivity contribution in [3.05, 3.63) is 94.0 Å². The van der Waals surface area contributed by atoms with Crippen molar-refractivity contribution in [3.63, 3.8) is 0 Å². The maximum atomic E-state index is 13.5. The molecule has 0 radical (unpaired) electrons. The van der Waals surface area contributed by atoms with Gasteiger partial charge in [0.25, 0.3) is 17.7 Å². The summed E-state index contributed by atoms with van der Waals surface area (Å²) in [7, 11) is 0. The van der Waals surface area contributed by atoms with E-state index in [2.05, 4.69) is 36.3 Å². The predicted octanol–water partition coefficient (Wildman–Crippen LogP) is 5.29. The van der Waals surface area contributed by atoms with Gasteiger partial charge in [0.15, 0.2) is 0 Å². The van der Waals surface area contributed by atoms with Gasteiger partial charge in [-0.3, -0.25) is 14.4 Å². The van der Waals surface area contributed by atoms with E-state index >= 15 is 0 Å². The lowest BCUT2D eigenvalue weighted by molar-refractivity contribution is 0.0734. The topological polar surface area (TPSA) is 85.0 Å². The van der Waals surface area contributed by atoms with E-state index in [1.807, 2.05) is 46.2 Å². The molecule has 0 aliphatic carbocycles. The average Bonchev–Trinajstić information content (AvgIpc) is 3.27. The quantitative estimate of drug-likeness (QED) is 0.415. The first-order valence-electron chi connectivity index (χ1n) is 15.0. The van der Waals surface area contributed by atoms with E-state index in [1.165, 1.54) is 0 Å². The minimum atomic E-state index is -0.235. The summed E-state index contributed by atoms with van der Waals surface area (Å²) in [6.45, 7) is 11.6. The van der Waals surface area contributed by atoms with Crippen molar-refractivity contribution in [2.75, 3.05) is 62.6 Å². The fraction of sp³-hybridized carbons (Fsp3) is 0.382. The third kappa shape index (κ3) is 7.37. The molecular weight excluding hydrogens is 562 g/mol. The lowest BCUT2D eigenvalue weighted by Crippen LogP contribution is -2.46. The third-order valence-corrected chi connectivity index (χ3v) is 8.34. The Hall–Kier alpha value is -3.88. The molecule has 3 amide bonds. The van der Waals surface area contributed by atoms with Crippen LogP contribution in [0.4, 0.5) is 11.4 Å². The Morgan fingerprint density at radius 1 is 0.744 bits per heavy atom. The van der Waals surface area contributed by atoms with Gasteiger partial charge in [-0.25, -0.2) is 0 Å². The smallest absolute Gasteiger partial charge is 0.255 e. The minimum absolute atomic E-state index is 0.0182. The molecule has 2 N–H and O–H groups in total. The van der Waals surface area contributed by atoms with Crippen LogP contribution in [-0.4, -0.2) is 79.9 Å². The first-order chi connectivity index (χ1) is 20.6. The van der Waals surface area contributed by atoms with Gasteiger partial charge in [-0.1, -0.05) is 50.6 Å². The standard InChI is InChI=1S/C34H40ClN5O3/c1-34(2,3)27-11-8-24(9-12-27)31(41)37-29-23-26(33(43)40-18-14-36-15-19-40)10-13-30(29)38-16-5-17-39(21-20-38)32(42)25-6-4-7-28(35)22-25/h4,6-13,22-23,36H,5,14-21H2,1-3H3,(H,37,41). The molecular formula is C34H40ClN5O3. The number of benzene rings is 3. The van der Waals surface area contributed by atoms with Crippen molar-refractivity contribution >= 4 is 40.7 Å². The van der Waals surface area contributed by atoms with E-state index in [0.29, 0.717) is 66.7 Å². The highest BCUT2D eigenvalue weighted by Gasteiger charge is 2.25. The zero-order valence-corrected chi connectivity index (χ0v) is 25.9. The Labute approximate surface area is 259 Å². The van der Waals surface area contributed by atoms with E-state index in [0.717, 1.165) is 30.8 Å². The first-order valence-corrected chi connectivity index (χ1v) is 15.3. The molecule has 226 valence electrons. The number of amides is 3. The van der Waals surface area contributed by atoms with Crippen molar-refractivity contribution in [2.24, 2.45) is 0 Å². The number of piperazine rings is 1. The molecule has 0 atom stereocenters. The molecule has 0 unspecified atom stereocenters. The van der Waals surface area contributed by atoms with E-state index in [-0.39, 0.29) is 23.1 Å². The monoisotopic (exact) mass is 601 g/mol. The van der Waals surface area contributed by atoms with Crippen molar-refractivity contribution in [1.82, 2.24) is 15.1 Å². The highest BCUT2D eigenvalue weighted by molar-refractivity contribution is 6.31. The SMILES string of the molecule is CC(C)(C)c1ccc(C(=O)Nc2cc(C(=O)N3CCNCC3)ccc2N2CCCN(C(=O)c3cccc(Cl)c3)CC2)cc1. The maximum absolute atomic E-state index is 13.5. The van der Waals surface area contributed by atoms with E-state index in [1.54, 1.807) is 30.3 Å². The zero-order valence-electron chi connectivity index (χ0n) is 25.2. The second-order valence-electron chi connectivity index (χ2n) is 12.2. The molecule has 0 bridgehead atoms. The highest BCUT2D eigenvalue weighted by Crippen LogP contribution is 2.30.